The van der Waals surface area contributed by atoms with Gasteiger partial charge in [-0.1, -0.05) is 17.3 Å². The molecule has 1 N–H and O–H groups in total. The third kappa shape index (κ3) is 2.31. The van der Waals surface area contributed by atoms with Crippen LogP contribution in [0.1, 0.15) is 5.56 Å². The largest absolute Gasteiger partial charge is 0.507 e. The fourth-order valence-electron chi connectivity index (χ4n) is 2.05. The lowest BCUT2D eigenvalue weighted by Gasteiger charge is -2.05. The molecule has 0 radical (unpaired) electrons. The molecule has 21 heavy (non-hydrogen) atoms. The predicted molar refractivity (Wildman–Crippen MR) is 75.9 cm³/mol. The second-order valence-corrected chi connectivity index (χ2v) is 4.45. The molecule has 3 aromatic rings. The van der Waals surface area contributed by atoms with Gasteiger partial charge in [0.15, 0.2) is 0 Å². The molecule has 0 aliphatic carbocycles. The number of hydrogen-bond donors (Lipinski definition) is 1. The summed E-state index contributed by atoms with van der Waals surface area (Å²) >= 11 is 0. The summed E-state index contributed by atoms with van der Waals surface area (Å²) in [5.41, 5.74) is 1.95. The van der Waals surface area contributed by atoms with Crippen molar-refractivity contribution in [3.8, 4) is 34.5 Å². The minimum Gasteiger partial charge on any atom is -0.507 e. The van der Waals surface area contributed by atoms with Crippen molar-refractivity contribution < 1.29 is 14.4 Å². The number of aromatic nitrogens is 3. The highest BCUT2D eigenvalue weighted by molar-refractivity contribution is 5.71. The minimum absolute atomic E-state index is 0.0160. The second-order valence-electron chi connectivity index (χ2n) is 4.45. The number of nitrogens with zero attached hydrogens (tertiary/aromatic N) is 3. The van der Waals surface area contributed by atoms with Crippen molar-refractivity contribution in [2.45, 2.75) is 6.92 Å². The molecule has 0 bridgehead atoms. The Morgan fingerprint density at radius 2 is 2.05 bits per heavy atom. The van der Waals surface area contributed by atoms with Gasteiger partial charge >= 0.3 is 0 Å². The van der Waals surface area contributed by atoms with Gasteiger partial charge in [0.1, 0.15) is 22.8 Å². The maximum Gasteiger partial charge on any atom is 0.265 e. The van der Waals surface area contributed by atoms with Gasteiger partial charge in [-0.05, 0) is 30.7 Å². The van der Waals surface area contributed by atoms with Gasteiger partial charge in [-0.15, -0.1) is 0 Å². The Kier molecular flexibility index (Phi) is 3.27. The van der Waals surface area contributed by atoms with E-state index in [0.717, 1.165) is 5.56 Å². The van der Waals surface area contributed by atoms with Gasteiger partial charge in [0.05, 0.1) is 7.11 Å². The number of methoxy groups -OCH3 is 1. The fourth-order valence-corrected chi connectivity index (χ4v) is 2.05. The number of hydrogen-bond acceptors (Lipinski definition) is 6. The van der Waals surface area contributed by atoms with Crippen LogP contribution in [0.3, 0.4) is 0 Å². The number of ether oxygens (including phenoxy) is 1. The Labute approximate surface area is 121 Å². The van der Waals surface area contributed by atoms with E-state index in [-0.39, 0.29) is 11.6 Å². The number of pyridine rings is 1. The standard InChI is InChI=1S/C15H13N3O3/c1-9-5-4-8-16-13(9)14-17-15(21-18-14)12-10(19)6-3-7-11(12)20-2/h3-8,19H,1-2H3. The van der Waals surface area contributed by atoms with E-state index in [4.69, 9.17) is 9.26 Å². The Bertz CT molecular complexity index is 783. The highest BCUT2D eigenvalue weighted by Crippen LogP contribution is 2.37. The zero-order valence-electron chi connectivity index (χ0n) is 11.6. The lowest BCUT2D eigenvalue weighted by Crippen LogP contribution is -1.90. The molecule has 0 aliphatic rings. The Morgan fingerprint density at radius 1 is 1.19 bits per heavy atom. The summed E-state index contributed by atoms with van der Waals surface area (Å²) in [5.74, 6) is 1.03. The normalized spacial score (nSPS) is 10.6. The van der Waals surface area contributed by atoms with Crippen LogP contribution in [0.2, 0.25) is 0 Å². The molecule has 106 valence electrons. The van der Waals surface area contributed by atoms with Crippen LogP contribution in [0.15, 0.2) is 41.1 Å². The van der Waals surface area contributed by atoms with Crippen molar-refractivity contribution in [3.05, 3.63) is 42.1 Å². The first-order valence-electron chi connectivity index (χ1n) is 6.32. The van der Waals surface area contributed by atoms with Gasteiger partial charge in [-0.3, -0.25) is 4.98 Å². The fraction of sp³-hybridized carbons (Fsp3) is 0.133. The SMILES string of the molecule is COc1cccc(O)c1-c1nc(-c2ncccc2C)no1. The van der Waals surface area contributed by atoms with E-state index in [2.05, 4.69) is 15.1 Å². The summed E-state index contributed by atoms with van der Waals surface area (Å²) in [6, 6.07) is 8.68. The van der Waals surface area contributed by atoms with Gasteiger partial charge < -0.3 is 14.4 Å². The van der Waals surface area contributed by atoms with Crippen molar-refractivity contribution >= 4 is 0 Å². The zero-order valence-corrected chi connectivity index (χ0v) is 11.6. The molecule has 0 saturated heterocycles. The first kappa shape index (κ1) is 13.1. The molecule has 0 spiro atoms. The first-order valence-corrected chi connectivity index (χ1v) is 6.32. The van der Waals surface area contributed by atoms with Crippen LogP contribution in [-0.4, -0.2) is 27.3 Å². The van der Waals surface area contributed by atoms with Crippen molar-refractivity contribution in [2.75, 3.05) is 7.11 Å². The molecule has 6 heteroatoms. The molecule has 0 atom stereocenters. The minimum atomic E-state index is 0.0160. The number of phenolic OH excluding ortho intramolecular Hbond substituents is 1. The maximum atomic E-state index is 9.99. The number of phenols is 1. The van der Waals surface area contributed by atoms with E-state index in [1.807, 2.05) is 19.1 Å². The number of aromatic hydroxyl groups is 1. The first-order chi connectivity index (χ1) is 10.2. The van der Waals surface area contributed by atoms with Crippen LogP contribution in [-0.2, 0) is 0 Å². The lowest BCUT2D eigenvalue weighted by atomic mass is 10.1. The molecule has 0 unspecified atom stereocenters. The molecule has 3 rings (SSSR count). The van der Waals surface area contributed by atoms with E-state index < -0.39 is 0 Å². The lowest BCUT2D eigenvalue weighted by molar-refractivity contribution is 0.397. The van der Waals surface area contributed by atoms with Gasteiger partial charge in [0.2, 0.25) is 5.82 Å². The third-order valence-corrected chi connectivity index (χ3v) is 3.09. The van der Waals surface area contributed by atoms with Gasteiger partial charge in [-0.2, -0.15) is 4.98 Å². The van der Waals surface area contributed by atoms with Gasteiger partial charge in [0.25, 0.3) is 5.89 Å². The van der Waals surface area contributed by atoms with Crippen molar-refractivity contribution in [2.24, 2.45) is 0 Å². The number of aryl methyl sites for hydroxylation is 1. The number of rotatable bonds is 3. The molecule has 0 saturated carbocycles. The Morgan fingerprint density at radius 3 is 2.81 bits per heavy atom. The van der Waals surface area contributed by atoms with Crippen molar-refractivity contribution in [1.29, 1.82) is 0 Å². The van der Waals surface area contributed by atoms with E-state index >= 15 is 0 Å². The molecular formula is C15H13N3O3. The highest BCUT2D eigenvalue weighted by atomic mass is 16.5. The monoisotopic (exact) mass is 283 g/mol. The Balaban J connectivity index is 2.10. The van der Waals surface area contributed by atoms with E-state index in [0.29, 0.717) is 22.8 Å². The highest BCUT2D eigenvalue weighted by Gasteiger charge is 2.19. The van der Waals surface area contributed by atoms with Crippen LogP contribution < -0.4 is 4.74 Å². The third-order valence-electron chi connectivity index (χ3n) is 3.09. The zero-order chi connectivity index (χ0) is 14.8. The topological polar surface area (TPSA) is 81.3 Å². The Hall–Kier alpha value is -2.89. The molecule has 2 aromatic heterocycles. The predicted octanol–water partition coefficient (Wildman–Crippen LogP) is 2.82. The summed E-state index contributed by atoms with van der Waals surface area (Å²) in [6.45, 7) is 1.92. The van der Waals surface area contributed by atoms with Crippen LogP contribution in [0.5, 0.6) is 11.5 Å². The van der Waals surface area contributed by atoms with Crippen molar-refractivity contribution in [1.82, 2.24) is 15.1 Å². The molecule has 0 amide bonds. The second kappa shape index (κ2) is 5.24. The molecule has 1 aromatic carbocycles. The quantitative estimate of drug-likeness (QED) is 0.796. The van der Waals surface area contributed by atoms with Crippen LogP contribution in [0, 0.1) is 6.92 Å². The average molecular weight is 283 g/mol. The summed E-state index contributed by atoms with van der Waals surface area (Å²) in [5, 5.41) is 13.9. The molecule has 0 fully saturated rings. The van der Waals surface area contributed by atoms with Crippen LogP contribution >= 0.6 is 0 Å². The van der Waals surface area contributed by atoms with Crippen LogP contribution in [0.4, 0.5) is 0 Å². The molecule has 6 nitrogen and oxygen atoms in total. The number of benzene rings is 1. The summed E-state index contributed by atoms with van der Waals surface area (Å²) in [4.78, 5) is 8.54. The summed E-state index contributed by atoms with van der Waals surface area (Å²) in [6.07, 6.45) is 1.67. The molecule has 2 heterocycles. The summed E-state index contributed by atoms with van der Waals surface area (Å²) < 4.78 is 10.5. The van der Waals surface area contributed by atoms with Crippen LogP contribution in [0.25, 0.3) is 23.0 Å². The van der Waals surface area contributed by atoms with Crippen molar-refractivity contribution in [3.63, 3.8) is 0 Å². The van der Waals surface area contributed by atoms with E-state index in [1.165, 1.54) is 13.2 Å². The van der Waals surface area contributed by atoms with Gasteiger partial charge in [0, 0.05) is 6.20 Å². The maximum absolute atomic E-state index is 9.99. The smallest absolute Gasteiger partial charge is 0.265 e. The van der Waals surface area contributed by atoms with E-state index in [9.17, 15) is 5.11 Å². The van der Waals surface area contributed by atoms with E-state index in [1.54, 1.807) is 18.3 Å². The molecule has 0 aliphatic heterocycles. The van der Waals surface area contributed by atoms with Gasteiger partial charge in [-0.25, -0.2) is 0 Å². The summed E-state index contributed by atoms with van der Waals surface area (Å²) in [7, 11) is 1.51. The molecular weight excluding hydrogens is 270 g/mol. The average Bonchev–Trinajstić information content (AvgIpc) is 2.96.